The molecule has 1 heterocycles. The molecule has 0 N–H and O–H groups in total. The third-order valence-corrected chi connectivity index (χ3v) is 3.97. The summed E-state index contributed by atoms with van der Waals surface area (Å²) in [4.78, 5) is 46.2. The minimum absolute atomic E-state index is 0.139. The number of ether oxygens (including phenoxy) is 6. The molecule has 0 bridgehead atoms. The average molecular weight is 418 g/mol. The molecule has 1 fully saturated rings. The van der Waals surface area contributed by atoms with Gasteiger partial charge in [0.2, 0.25) is 12.4 Å². The van der Waals surface area contributed by atoms with Crippen molar-refractivity contribution >= 4 is 23.9 Å². The molecule has 1 rings (SSSR count). The number of carbonyl (C=O) groups excluding carboxylic acids is 4. The van der Waals surface area contributed by atoms with Crippen LogP contribution >= 0.6 is 0 Å². The van der Waals surface area contributed by atoms with Crippen molar-refractivity contribution in [1.29, 1.82) is 0 Å². The van der Waals surface area contributed by atoms with Gasteiger partial charge in [-0.25, -0.2) is 0 Å². The Morgan fingerprint density at radius 3 is 1.97 bits per heavy atom. The molecular formula is C19H30O10. The zero-order valence-corrected chi connectivity index (χ0v) is 17.5. The Morgan fingerprint density at radius 2 is 1.45 bits per heavy atom. The van der Waals surface area contributed by atoms with Gasteiger partial charge in [0.25, 0.3) is 0 Å². The molecule has 0 spiro atoms. The molecule has 0 aromatic carbocycles. The topological polar surface area (TPSA) is 124 Å². The lowest BCUT2D eigenvalue weighted by Crippen LogP contribution is -2.50. The third kappa shape index (κ3) is 9.23. The first kappa shape index (κ1) is 24.8. The smallest absolute Gasteiger partial charge is 0.305 e. The number of carbonyl (C=O) groups is 4. The Hall–Kier alpha value is -2.20. The van der Waals surface area contributed by atoms with Crippen LogP contribution in [0.4, 0.5) is 0 Å². The lowest BCUT2D eigenvalue weighted by Gasteiger charge is -2.32. The fourth-order valence-corrected chi connectivity index (χ4v) is 2.85. The predicted molar refractivity (Wildman–Crippen MR) is 97.4 cm³/mol. The Kier molecular flexibility index (Phi) is 10.6. The fourth-order valence-electron chi connectivity index (χ4n) is 2.85. The van der Waals surface area contributed by atoms with Crippen molar-refractivity contribution in [2.75, 3.05) is 13.2 Å². The van der Waals surface area contributed by atoms with E-state index in [1.54, 1.807) is 0 Å². The Balaban J connectivity index is 3.25. The van der Waals surface area contributed by atoms with Crippen LogP contribution < -0.4 is 0 Å². The van der Waals surface area contributed by atoms with Crippen molar-refractivity contribution in [3.05, 3.63) is 0 Å². The first-order chi connectivity index (χ1) is 13.6. The normalized spacial score (nSPS) is 26.7. The van der Waals surface area contributed by atoms with E-state index in [1.807, 2.05) is 6.92 Å². The molecule has 0 aromatic rings. The largest absolute Gasteiger partial charge is 0.463 e. The summed E-state index contributed by atoms with van der Waals surface area (Å²) in [5.41, 5.74) is 0. The van der Waals surface area contributed by atoms with E-state index in [2.05, 4.69) is 0 Å². The van der Waals surface area contributed by atoms with Gasteiger partial charge in [-0.2, -0.15) is 0 Å². The van der Waals surface area contributed by atoms with Crippen molar-refractivity contribution in [3.8, 4) is 0 Å². The van der Waals surface area contributed by atoms with Crippen molar-refractivity contribution < 1.29 is 47.6 Å². The van der Waals surface area contributed by atoms with Crippen LogP contribution in [0, 0.1) is 0 Å². The number of unbranched alkanes of at least 4 members (excludes halogenated alkanes) is 1. The maximum atomic E-state index is 11.7. The highest BCUT2D eigenvalue weighted by atomic mass is 16.7. The Morgan fingerprint density at radius 1 is 0.862 bits per heavy atom. The monoisotopic (exact) mass is 418 g/mol. The van der Waals surface area contributed by atoms with Crippen LogP contribution in [-0.2, 0) is 47.6 Å². The lowest BCUT2D eigenvalue weighted by molar-refractivity contribution is -0.237. The quantitative estimate of drug-likeness (QED) is 0.307. The second-order valence-corrected chi connectivity index (χ2v) is 6.69. The standard InChI is InChI=1S/C19H30O10/c1-6-7-8-24-16-9-15(10-25-11(2)20)29-19(28-14(5)23)18(27-13(4)22)17(16)26-12(3)21/h15-19H,6-10H2,1-5H3/t15-,16+,17+,18+,19?/m0/s1. The van der Waals surface area contributed by atoms with E-state index < -0.39 is 54.6 Å². The molecule has 0 aliphatic carbocycles. The second-order valence-electron chi connectivity index (χ2n) is 6.69. The van der Waals surface area contributed by atoms with Gasteiger partial charge in [-0.15, -0.1) is 0 Å². The summed E-state index contributed by atoms with van der Waals surface area (Å²) < 4.78 is 32.6. The van der Waals surface area contributed by atoms with Gasteiger partial charge in [-0.05, 0) is 6.42 Å². The molecule has 1 saturated heterocycles. The van der Waals surface area contributed by atoms with Gasteiger partial charge >= 0.3 is 23.9 Å². The van der Waals surface area contributed by atoms with Crippen LogP contribution in [0.3, 0.4) is 0 Å². The minimum atomic E-state index is -1.37. The van der Waals surface area contributed by atoms with Gasteiger partial charge in [0.05, 0.1) is 6.10 Å². The highest BCUT2D eigenvalue weighted by Crippen LogP contribution is 2.28. The SMILES string of the molecule is CCCCO[C@@H]1C[C@@H](COC(C)=O)OC(OC(C)=O)[C@H](OC(C)=O)[C@@H]1OC(C)=O. The minimum Gasteiger partial charge on any atom is -0.463 e. The number of rotatable bonds is 9. The van der Waals surface area contributed by atoms with Gasteiger partial charge in [0.1, 0.15) is 12.7 Å². The van der Waals surface area contributed by atoms with Crippen LogP contribution in [0.5, 0.6) is 0 Å². The molecule has 0 aromatic heterocycles. The van der Waals surface area contributed by atoms with Crippen molar-refractivity contribution in [3.63, 3.8) is 0 Å². The second kappa shape index (κ2) is 12.4. The van der Waals surface area contributed by atoms with E-state index in [0.29, 0.717) is 6.61 Å². The van der Waals surface area contributed by atoms with Gasteiger partial charge in [-0.3, -0.25) is 19.2 Å². The van der Waals surface area contributed by atoms with E-state index >= 15 is 0 Å². The Bertz CT molecular complexity index is 575. The van der Waals surface area contributed by atoms with Crippen LogP contribution in [0.25, 0.3) is 0 Å². The van der Waals surface area contributed by atoms with E-state index in [-0.39, 0.29) is 13.0 Å². The molecule has 29 heavy (non-hydrogen) atoms. The molecule has 1 aliphatic heterocycles. The highest BCUT2D eigenvalue weighted by molar-refractivity contribution is 5.68. The summed E-state index contributed by atoms with van der Waals surface area (Å²) in [5, 5.41) is 0. The molecule has 0 saturated carbocycles. The van der Waals surface area contributed by atoms with Gasteiger partial charge in [0, 0.05) is 40.7 Å². The van der Waals surface area contributed by atoms with Crippen molar-refractivity contribution in [2.24, 2.45) is 0 Å². The number of esters is 4. The summed E-state index contributed by atoms with van der Waals surface area (Å²) in [6, 6.07) is 0. The summed E-state index contributed by atoms with van der Waals surface area (Å²) in [7, 11) is 0. The Labute approximate surface area is 170 Å². The molecule has 5 atom stereocenters. The van der Waals surface area contributed by atoms with E-state index in [9.17, 15) is 19.2 Å². The predicted octanol–water partition coefficient (Wildman–Crippen LogP) is 1.28. The van der Waals surface area contributed by atoms with Crippen LogP contribution in [0.2, 0.25) is 0 Å². The van der Waals surface area contributed by atoms with Gasteiger partial charge in [0.15, 0.2) is 6.10 Å². The molecular weight excluding hydrogens is 388 g/mol. The zero-order valence-electron chi connectivity index (χ0n) is 17.5. The van der Waals surface area contributed by atoms with Crippen molar-refractivity contribution in [1.82, 2.24) is 0 Å². The lowest BCUT2D eigenvalue weighted by atomic mass is 10.0. The first-order valence-corrected chi connectivity index (χ1v) is 9.56. The maximum Gasteiger partial charge on any atom is 0.305 e. The third-order valence-electron chi connectivity index (χ3n) is 3.97. The van der Waals surface area contributed by atoms with E-state index in [1.165, 1.54) is 20.8 Å². The number of hydrogen-bond acceptors (Lipinski definition) is 10. The van der Waals surface area contributed by atoms with Crippen LogP contribution in [0.1, 0.15) is 53.9 Å². The van der Waals surface area contributed by atoms with E-state index in [0.717, 1.165) is 19.8 Å². The van der Waals surface area contributed by atoms with Crippen LogP contribution in [-0.4, -0.2) is 67.8 Å². The average Bonchev–Trinajstić information content (AvgIpc) is 2.71. The summed E-state index contributed by atoms with van der Waals surface area (Å²) in [6.07, 6.45) is -3.41. The highest BCUT2D eigenvalue weighted by Gasteiger charge is 2.48. The first-order valence-electron chi connectivity index (χ1n) is 9.56. The maximum absolute atomic E-state index is 11.7. The summed E-state index contributed by atoms with van der Waals surface area (Å²) in [5.74, 6) is -2.52. The molecule has 166 valence electrons. The molecule has 10 nitrogen and oxygen atoms in total. The summed E-state index contributed by atoms with van der Waals surface area (Å²) >= 11 is 0. The zero-order chi connectivity index (χ0) is 22.0. The molecule has 10 heteroatoms. The fraction of sp³-hybridized carbons (Fsp3) is 0.789. The number of hydrogen-bond donors (Lipinski definition) is 0. The van der Waals surface area contributed by atoms with Gasteiger partial charge in [-0.1, -0.05) is 13.3 Å². The molecule has 0 amide bonds. The molecule has 0 radical (unpaired) electrons. The van der Waals surface area contributed by atoms with Crippen LogP contribution in [0.15, 0.2) is 0 Å². The molecule has 1 unspecified atom stereocenters. The van der Waals surface area contributed by atoms with Crippen molar-refractivity contribution in [2.45, 2.75) is 84.6 Å². The summed E-state index contributed by atoms with van der Waals surface area (Å²) in [6.45, 7) is 7.01. The van der Waals surface area contributed by atoms with Gasteiger partial charge < -0.3 is 28.4 Å². The molecule has 1 aliphatic rings. The van der Waals surface area contributed by atoms with E-state index in [4.69, 9.17) is 28.4 Å².